The molecule has 0 aromatic heterocycles. The molecule has 1 N–H and O–H groups in total. The molecule has 0 spiro atoms. The topological polar surface area (TPSA) is 79.2 Å². The largest absolute Gasteiger partial charge is 0.493 e. The molecule has 0 radical (unpaired) electrons. The van der Waals surface area contributed by atoms with Gasteiger partial charge in [0.05, 0.1) is 22.9 Å². The molecule has 0 atom stereocenters. The van der Waals surface area contributed by atoms with E-state index in [1.54, 1.807) is 30.0 Å². The maximum atomic E-state index is 13.3. The van der Waals surface area contributed by atoms with Crippen LogP contribution in [0.25, 0.3) is 6.08 Å². The van der Waals surface area contributed by atoms with Crippen LogP contribution in [0.5, 0.6) is 5.75 Å². The zero-order chi connectivity index (χ0) is 22.5. The second kappa shape index (κ2) is 9.53. The predicted molar refractivity (Wildman–Crippen MR) is 128 cm³/mol. The van der Waals surface area contributed by atoms with Gasteiger partial charge in [-0.1, -0.05) is 42.5 Å². The van der Waals surface area contributed by atoms with Crippen LogP contribution in [0.2, 0.25) is 0 Å². The summed E-state index contributed by atoms with van der Waals surface area (Å²) in [5.74, 6) is -1.01. The number of rotatable bonds is 6. The van der Waals surface area contributed by atoms with Crippen molar-refractivity contribution in [3.63, 3.8) is 0 Å². The number of carboxylic acids is 1. The molecule has 6 nitrogen and oxygen atoms in total. The third kappa shape index (κ3) is 4.58. The van der Waals surface area contributed by atoms with Crippen molar-refractivity contribution < 1.29 is 19.4 Å². The minimum absolute atomic E-state index is 0.0507. The van der Waals surface area contributed by atoms with Crippen molar-refractivity contribution in [2.24, 2.45) is 4.99 Å². The average molecular weight is 445 g/mol. The number of aliphatic imine (C=N–C) groups is 1. The smallest absolute Gasteiger partial charge is 0.339 e. The quantitative estimate of drug-likeness (QED) is 0.501. The van der Waals surface area contributed by atoms with Crippen LogP contribution in [0.1, 0.15) is 22.8 Å². The lowest BCUT2D eigenvalue weighted by molar-refractivity contribution is -0.113. The summed E-state index contributed by atoms with van der Waals surface area (Å²) in [5, 5.41) is 10.1. The van der Waals surface area contributed by atoms with Gasteiger partial charge >= 0.3 is 5.97 Å². The van der Waals surface area contributed by atoms with E-state index in [1.165, 1.54) is 17.8 Å². The Bertz CT molecular complexity index is 1210. The molecular weight excluding hydrogens is 424 g/mol. The highest BCUT2D eigenvalue weighted by Gasteiger charge is 2.34. The van der Waals surface area contributed by atoms with Crippen molar-refractivity contribution in [3.05, 3.63) is 94.9 Å². The van der Waals surface area contributed by atoms with Crippen molar-refractivity contribution in [2.75, 3.05) is 11.5 Å². The van der Waals surface area contributed by atoms with Crippen LogP contribution in [0.4, 0.5) is 11.4 Å². The molecule has 0 saturated carbocycles. The Morgan fingerprint density at radius 3 is 2.41 bits per heavy atom. The monoisotopic (exact) mass is 444 g/mol. The number of ether oxygens (including phenoxy) is 1. The molecule has 160 valence electrons. The molecule has 7 heteroatoms. The fraction of sp³-hybridized carbons (Fsp3) is 0.0800. The zero-order valence-electron chi connectivity index (χ0n) is 17.3. The third-order valence-electron chi connectivity index (χ3n) is 4.63. The first kappa shape index (κ1) is 21.4. The van der Waals surface area contributed by atoms with Crippen molar-refractivity contribution in [2.45, 2.75) is 6.92 Å². The van der Waals surface area contributed by atoms with Crippen LogP contribution in [0.15, 0.2) is 88.8 Å². The van der Waals surface area contributed by atoms with E-state index in [-0.39, 0.29) is 11.5 Å². The highest BCUT2D eigenvalue weighted by atomic mass is 32.2. The number of thioether (sulfide) groups is 1. The van der Waals surface area contributed by atoms with Gasteiger partial charge in [-0.05, 0) is 66.7 Å². The second-order valence-corrected chi connectivity index (χ2v) is 7.82. The van der Waals surface area contributed by atoms with E-state index < -0.39 is 5.97 Å². The number of anilines is 1. The average Bonchev–Trinajstić information content (AvgIpc) is 3.10. The standard InChI is InChI=1S/C25H20N2O4S/c1-2-31-21-14-13-17(15-20(21)24(29)30)16-22-23(28)27(19-11-7-4-8-12-19)25(32-22)26-18-9-5-3-6-10-18/h3-16H,2H2,1H3,(H,29,30). The first-order valence-electron chi connectivity index (χ1n) is 9.99. The molecule has 0 bridgehead atoms. The van der Waals surface area contributed by atoms with E-state index in [9.17, 15) is 14.7 Å². The maximum Gasteiger partial charge on any atom is 0.339 e. The molecule has 1 fully saturated rings. The van der Waals surface area contributed by atoms with Crippen LogP contribution < -0.4 is 9.64 Å². The van der Waals surface area contributed by atoms with Gasteiger partial charge in [0, 0.05) is 0 Å². The Morgan fingerprint density at radius 1 is 1.06 bits per heavy atom. The lowest BCUT2D eigenvalue weighted by Gasteiger charge is -2.15. The zero-order valence-corrected chi connectivity index (χ0v) is 18.1. The van der Waals surface area contributed by atoms with Gasteiger partial charge in [0.2, 0.25) is 0 Å². The summed E-state index contributed by atoms with van der Waals surface area (Å²) in [5.41, 5.74) is 2.09. The van der Waals surface area contributed by atoms with E-state index in [2.05, 4.69) is 4.99 Å². The molecule has 1 saturated heterocycles. The first-order chi connectivity index (χ1) is 15.6. The van der Waals surface area contributed by atoms with Gasteiger partial charge < -0.3 is 9.84 Å². The molecule has 1 amide bonds. The molecule has 1 aliphatic rings. The minimum Gasteiger partial charge on any atom is -0.493 e. The van der Waals surface area contributed by atoms with Crippen LogP contribution in [-0.2, 0) is 4.79 Å². The first-order valence-corrected chi connectivity index (χ1v) is 10.8. The number of hydrogen-bond donors (Lipinski definition) is 1. The van der Waals surface area contributed by atoms with E-state index in [0.29, 0.717) is 33.7 Å². The van der Waals surface area contributed by atoms with E-state index in [0.717, 1.165) is 5.69 Å². The highest BCUT2D eigenvalue weighted by Crippen LogP contribution is 2.37. The van der Waals surface area contributed by atoms with Gasteiger partial charge in [-0.3, -0.25) is 9.69 Å². The normalized spacial score (nSPS) is 16.0. The number of carbonyl (C=O) groups excluding carboxylic acids is 1. The summed E-state index contributed by atoms with van der Waals surface area (Å²) in [6, 6.07) is 23.6. The molecule has 0 unspecified atom stereocenters. The lowest BCUT2D eigenvalue weighted by Crippen LogP contribution is -2.28. The van der Waals surface area contributed by atoms with Crippen molar-refractivity contribution in [3.8, 4) is 5.75 Å². The van der Waals surface area contributed by atoms with E-state index in [4.69, 9.17) is 4.74 Å². The van der Waals surface area contributed by atoms with Crippen molar-refractivity contribution >= 4 is 46.3 Å². The number of amides is 1. The van der Waals surface area contributed by atoms with Crippen LogP contribution >= 0.6 is 11.8 Å². The van der Waals surface area contributed by atoms with Crippen molar-refractivity contribution in [1.82, 2.24) is 0 Å². The molecule has 3 aromatic carbocycles. The summed E-state index contributed by atoms with van der Waals surface area (Å²) < 4.78 is 5.40. The second-order valence-electron chi connectivity index (χ2n) is 6.81. The van der Waals surface area contributed by atoms with Crippen LogP contribution in [0, 0.1) is 0 Å². The summed E-state index contributed by atoms with van der Waals surface area (Å²) >= 11 is 1.25. The summed E-state index contributed by atoms with van der Waals surface area (Å²) in [4.78, 5) is 31.6. The number of hydrogen-bond acceptors (Lipinski definition) is 5. The maximum absolute atomic E-state index is 13.3. The van der Waals surface area contributed by atoms with Gasteiger partial charge in [-0.15, -0.1) is 0 Å². The Balaban J connectivity index is 1.75. The number of amidine groups is 1. The third-order valence-corrected chi connectivity index (χ3v) is 5.60. The van der Waals surface area contributed by atoms with Gasteiger partial charge in [0.1, 0.15) is 11.3 Å². The van der Waals surface area contributed by atoms with Crippen molar-refractivity contribution in [1.29, 1.82) is 0 Å². The minimum atomic E-state index is -1.09. The molecule has 4 rings (SSSR count). The summed E-state index contributed by atoms with van der Waals surface area (Å²) in [7, 11) is 0. The highest BCUT2D eigenvalue weighted by molar-refractivity contribution is 8.19. The Kier molecular flexibility index (Phi) is 6.37. The number of nitrogens with zero attached hydrogens (tertiary/aromatic N) is 2. The molecule has 32 heavy (non-hydrogen) atoms. The van der Waals surface area contributed by atoms with E-state index >= 15 is 0 Å². The number of carbonyl (C=O) groups is 2. The molecular formula is C25H20N2O4S. The Labute approximate surface area is 189 Å². The predicted octanol–water partition coefficient (Wildman–Crippen LogP) is 5.59. The number of benzene rings is 3. The molecule has 0 aliphatic carbocycles. The lowest BCUT2D eigenvalue weighted by atomic mass is 10.1. The fourth-order valence-electron chi connectivity index (χ4n) is 3.20. The SMILES string of the molecule is CCOc1ccc(C=C2SC(=Nc3ccccc3)N(c3ccccc3)C2=O)cc1C(=O)O. The number of para-hydroxylation sites is 2. The fourth-order valence-corrected chi connectivity index (χ4v) is 4.20. The Hall–Kier alpha value is -3.84. The van der Waals surface area contributed by atoms with Gasteiger partial charge in [0.15, 0.2) is 5.17 Å². The molecule has 1 heterocycles. The summed E-state index contributed by atoms with van der Waals surface area (Å²) in [6.07, 6.45) is 1.68. The summed E-state index contributed by atoms with van der Waals surface area (Å²) in [6.45, 7) is 2.15. The van der Waals surface area contributed by atoms with E-state index in [1.807, 2.05) is 60.7 Å². The van der Waals surface area contributed by atoms with Crippen LogP contribution in [-0.4, -0.2) is 28.8 Å². The van der Waals surface area contributed by atoms with Crippen LogP contribution in [0.3, 0.4) is 0 Å². The molecule has 3 aromatic rings. The number of aromatic carboxylic acids is 1. The van der Waals surface area contributed by atoms with Gasteiger partial charge in [0.25, 0.3) is 5.91 Å². The molecule has 1 aliphatic heterocycles. The van der Waals surface area contributed by atoms with Gasteiger partial charge in [-0.25, -0.2) is 9.79 Å². The number of carboxylic acid groups (broad SMARTS) is 1. The Morgan fingerprint density at radius 2 is 1.75 bits per heavy atom. The van der Waals surface area contributed by atoms with Gasteiger partial charge in [-0.2, -0.15) is 0 Å².